The summed E-state index contributed by atoms with van der Waals surface area (Å²) in [6.45, 7) is 6.10. The summed E-state index contributed by atoms with van der Waals surface area (Å²) in [6, 6.07) is 8.39. The number of sulfonamides is 1. The Bertz CT molecular complexity index is 774. The Morgan fingerprint density at radius 1 is 1.03 bits per heavy atom. The maximum absolute atomic E-state index is 13.5. The number of unbranched alkanes of at least 4 members (excludes halogenated alkanes) is 1. The molecule has 162 valence electrons. The number of rotatable bonds is 7. The first-order valence-corrected chi connectivity index (χ1v) is 12.7. The molecule has 0 aromatic heterocycles. The third kappa shape index (κ3) is 4.20. The summed E-state index contributed by atoms with van der Waals surface area (Å²) in [5.41, 5.74) is 7.53. The average molecular weight is 422 g/mol. The van der Waals surface area contributed by atoms with Crippen LogP contribution in [0.25, 0.3) is 0 Å². The molecule has 3 heterocycles. The van der Waals surface area contributed by atoms with E-state index in [-0.39, 0.29) is 30.3 Å². The van der Waals surface area contributed by atoms with E-state index in [0.717, 1.165) is 37.9 Å². The molecule has 6 nitrogen and oxygen atoms in total. The molecular weight excluding hydrogens is 386 g/mol. The Hall–Kier alpha value is -1.15. The minimum atomic E-state index is -3.35. The smallest absolute Gasteiger partial charge is 0.220 e. The number of benzene rings is 1. The molecule has 2 bridgehead atoms. The quantitative estimate of drug-likeness (QED) is 0.708. The zero-order chi connectivity index (χ0) is 20.6. The van der Waals surface area contributed by atoms with Gasteiger partial charge in [-0.05, 0) is 57.2 Å². The van der Waals surface area contributed by atoms with Crippen LogP contribution in [-0.2, 0) is 16.4 Å². The van der Waals surface area contributed by atoms with Gasteiger partial charge < -0.3 is 4.74 Å². The molecule has 7 heteroatoms. The highest BCUT2D eigenvalue weighted by Gasteiger charge is 2.52. The van der Waals surface area contributed by atoms with Crippen LogP contribution in [0.2, 0.25) is 0 Å². The van der Waals surface area contributed by atoms with Crippen LogP contribution in [0.3, 0.4) is 0 Å². The number of fused-ring (bicyclic) bond motifs is 2. The van der Waals surface area contributed by atoms with Crippen molar-refractivity contribution in [3.8, 4) is 5.75 Å². The van der Waals surface area contributed by atoms with E-state index in [9.17, 15) is 8.42 Å². The van der Waals surface area contributed by atoms with Crippen LogP contribution in [-0.4, -0.2) is 48.2 Å². The molecule has 4 rings (SSSR count). The largest absolute Gasteiger partial charge is 0.490 e. The molecule has 0 aliphatic carbocycles. The summed E-state index contributed by atoms with van der Waals surface area (Å²) >= 11 is 0. The Kier molecular flexibility index (Phi) is 6.21. The number of hydrazine groups is 1. The van der Waals surface area contributed by atoms with Gasteiger partial charge in [0.15, 0.2) is 0 Å². The number of hydrogen-bond donors (Lipinski definition) is 2. The number of nitrogens with one attached hydrogen (secondary N) is 2. The molecular formula is C22H35N3O3S. The van der Waals surface area contributed by atoms with Gasteiger partial charge in [-0.2, -0.15) is 4.31 Å². The topological polar surface area (TPSA) is 70.7 Å². The van der Waals surface area contributed by atoms with Crippen LogP contribution in [0, 0.1) is 0 Å². The fourth-order valence-electron chi connectivity index (χ4n) is 5.42. The van der Waals surface area contributed by atoms with Crippen molar-refractivity contribution < 1.29 is 13.2 Å². The third-order valence-corrected chi connectivity index (χ3v) is 9.52. The van der Waals surface area contributed by atoms with Crippen molar-refractivity contribution in [1.82, 2.24) is 15.2 Å². The normalized spacial score (nSPS) is 35.1. The fraction of sp³-hybridized carbons (Fsp3) is 0.727. The number of aryl methyl sites for hydroxylation is 1. The van der Waals surface area contributed by atoms with Crippen LogP contribution in [0.4, 0.5) is 0 Å². The van der Waals surface area contributed by atoms with Gasteiger partial charge in [0, 0.05) is 37.0 Å². The predicted octanol–water partition coefficient (Wildman–Crippen LogP) is 2.99. The lowest BCUT2D eigenvalue weighted by Gasteiger charge is -2.40. The molecule has 1 aromatic rings. The lowest BCUT2D eigenvalue weighted by Crippen LogP contribution is -2.55. The van der Waals surface area contributed by atoms with Crippen LogP contribution in [0.5, 0.6) is 5.75 Å². The van der Waals surface area contributed by atoms with Gasteiger partial charge in [-0.3, -0.25) is 10.9 Å². The van der Waals surface area contributed by atoms with Gasteiger partial charge in [0.2, 0.25) is 10.0 Å². The SMILES string of the molecule is CCCCc1ccc(OC2CC3CCC(C2)N3S(=O)(=O)C2C(C)NNC2C)cc1. The molecule has 1 aromatic carbocycles. The molecule has 4 atom stereocenters. The van der Waals surface area contributed by atoms with Crippen molar-refractivity contribution in [3.05, 3.63) is 29.8 Å². The van der Waals surface area contributed by atoms with E-state index in [4.69, 9.17) is 4.74 Å². The van der Waals surface area contributed by atoms with E-state index in [1.54, 1.807) is 0 Å². The second-order valence-corrected chi connectivity index (χ2v) is 11.0. The number of hydrogen-bond acceptors (Lipinski definition) is 5. The van der Waals surface area contributed by atoms with E-state index in [0.29, 0.717) is 0 Å². The van der Waals surface area contributed by atoms with Crippen LogP contribution in [0.1, 0.15) is 64.9 Å². The Balaban J connectivity index is 1.41. The minimum Gasteiger partial charge on any atom is -0.490 e. The predicted molar refractivity (Wildman–Crippen MR) is 115 cm³/mol. The van der Waals surface area contributed by atoms with Crippen molar-refractivity contribution in [1.29, 1.82) is 0 Å². The van der Waals surface area contributed by atoms with E-state index in [1.807, 2.05) is 18.2 Å². The number of nitrogens with zero attached hydrogens (tertiary/aromatic N) is 1. The molecule has 4 unspecified atom stereocenters. The molecule has 0 spiro atoms. The van der Waals surface area contributed by atoms with Crippen molar-refractivity contribution >= 4 is 10.0 Å². The van der Waals surface area contributed by atoms with Crippen LogP contribution < -0.4 is 15.6 Å². The monoisotopic (exact) mass is 421 g/mol. The summed E-state index contributed by atoms with van der Waals surface area (Å²) in [6.07, 6.45) is 7.06. The Labute approximate surface area is 175 Å². The van der Waals surface area contributed by atoms with Gasteiger partial charge >= 0.3 is 0 Å². The molecule has 3 aliphatic heterocycles. The van der Waals surface area contributed by atoms with E-state index in [2.05, 4.69) is 42.0 Å². The molecule has 3 saturated heterocycles. The first-order chi connectivity index (χ1) is 13.9. The fourth-order valence-corrected chi connectivity index (χ4v) is 8.08. The summed E-state index contributed by atoms with van der Waals surface area (Å²) in [7, 11) is -3.35. The van der Waals surface area contributed by atoms with Gasteiger partial charge in [-0.15, -0.1) is 0 Å². The molecule has 3 aliphatic rings. The minimum absolute atomic E-state index is 0.0626. The molecule has 0 saturated carbocycles. The molecule has 0 amide bonds. The standard InChI is InChI=1S/C22H35N3O3S/c1-4-5-6-17-7-11-20(12-8-17)28-21-13-18-9-10-19(14-21)25(18)29(26,27)22-15(2)23-24-16(22)3/h7-8,11-12,15-16,18-19,21-24H,4-6,9-10,13-14H2,1-3H3. The lowest BCUT2D eigenvalue weighted by atomic mass is 10.0. The van der Waals surface area contributed by atoms with E-state index < -0.39 is 15.3 Å². The van der Waals surface area contributed by atoms with Gasteiger partial charge in [0.25, 0.3) is 0 Å². The number of ether oxygens (including phenoxy) is 1. The van der Waals surface area contributed by atoms with Crippen molar-refractivity contribution in [3.63, 3.8) is 0 Å². The summed E-state index contributed by atoms with van der Waals surface area (Å²) in [5.74, 6) is 0.900. The number of piperidine rings is 1. The van der Waals surface area contributed by atoms with Crippen LogP contribution in [0.15, 0.2) is 24.3 Å². The molecule has 3 fully saturated rings. The second kappa shape index (κ2) is 8.53. The highest BCUT2D eigenvalue weighted by atomic mass is 32.2. The second-order valence-electron chi connectivity index (χ2n) is 9.05. The zero-order valence-electron chi connectivity index (χ0n) is 17.8. The summed E-state index contributed by atoms with van der Waals surface area (Å²) in [4.78, 5) is 0. The molecule has 0 radical (unpaired) electrons. The third-order valence-electron chi connectivity index (χ3n) is 6.83. The Morgan fingerprint density at radius 2 is 1.62 bits per heavy atom. The van der Waals surface area contributed by atoms with E-state index >= 15 is 0 Å². The highest BCUT2D eigenvalue weighted by Crippen LogP contribution is 2.41. The Morgan fingerprint density at radius 3 is 2.17 bits per heavy atom. The highest BCUT2D eigenvalue weighted by molar-refractivity contribution is 7.89. The maximum Gasteiger partial charge on any atom is 0.220 e. The first kappa shape index (κ1) is 21.1. The summed E-state index contributed by atoms with van der Waals surface area (Å²) in [5, 5.41) is -0.418. The first-order valence-electron chi connectivity index (χ1n) is 11.2. The average Bonchev–Trinajstić information content (AvgIpc) is 3.18. The molecule has 2 N–H and O–H groups in total. The van der Waals surface area contributed by atoms with Gasteiger partial charge in [0.05, 0.1) is 0 Å². The van der Waals surface area contributed by atoms with Crippen molar-refractivity contribution in [2.24, 2.45) is 0 Å². The molecule has 29 heavy (non-hydrogen) atoms. The van der Waals surface area contributed by atoms with Gasteiger partial charge in [0.1, 0.15) is 17.1 Å². The van der Waals surface area contributed by atoms with Gasteiger partial charge in [-0.25, -0.2) is 8.42 Å². The summed E-state index contributed by atoms with van der Waals surface area (Å²) < 4.78 is 35.0. The van der Waals surface area contributed by atoms with Crippen molar-refractivity contribution in [2.45, 2.75) is 101 Å². The zero-order valence-corrected chi connectivity index (χ0v) is 18.6. The van der Waals surface area contributed by atoms with Crippen molar-refractivity contribution in [2.75, 3.05) is 0 Å². The maximum atomic E-state index is 13.5. The lowest BCUT2D eigenvalue weighted by molar-refractivity contribution is 0.0949. The van der Waals surface area contributed by atoms with Crippen LogP contribution >= 0.6 is 0 Å². The van der Waals surface area contributed by atoms with E-state index in [1.165, 1.54) is 18.4 Å². The van der Waals surface area contributed by atoms with Gasteiger partial charge in [-0.1, -0.05) is 25.5 Å².